The molecule has 6 nitrogen and oxygen atoms in total. The quantitative estimate of drug-likeness (QED) is 0.277. The largest absolute Gasteiger partial charge is 0.573 e. The second-order valence-electron chi connectivity index (χ2n) is 7.94. The third-order valence-electron chi connectivity index (χ3n) is 5.40. The molecule has 0 saturated heterocycles. The number of carbonyl (C=O) groups is 1. The number of anilines is 1. The van der Waals surface area contributed by atoms with Crippen LogP contribution in [0.5, 0.6) is 17.2 Å². The summed E-state index contributed by atoms with van der Waals surface area (Å²) < 4.78 is 67.5. The lowest BCUT2D eigenvalue weighted by atomic mass is 10.2. The van der Waals surface area contributed by atoms with Crippen molar-refractivity contribution >= 4 is 22.9 Å². The van der Waals surface area contributed by atoms with E-state index < -0.39 is 24.2 Å². The fourth-order valence-corrected chi connectivity index (χ4v) is 4.64. The van der Waals surface area contributed by atoms with Crippen LogP contribution in [0.2, 0.25) is 0 Å². The maximum atomic E-state index is 14.8. The lowest BCUT2D eigenvalue weighted by Crippen LogP contribution is -2.46. The van der Waals surface area contributed by atoms with Gasteiger partial charge in [0.05, 0.1) is 12.2 Å². The van der Waals surface area contributed by atoms with Crippen LogP contribution in [0.1, 0.15) is 4.88 Å². The number of thiazole rings is 1. The van der Waals surface area contributed by atoms with E-state index in [4.69, 9.17) is 9.47 Å². The molecule has 1 amide bonds. The highest BCUT2D eigenvalue weighted by Gasteiger charge is 2.33. The van der Waals surface area contributed by atoms with Crippen LogP contribution in [0.3, 0.4) is 0 Å². The van der Waals surface area contributed by atoms with Gasteiger partial charge in [-0.05, 0) is 48.5 Å². The first-order valence-corrected chi connectivity index (χ1v) is 11.8. The standard InChI is InChI=1S/C26H18F4N2O4S/c27-19-5-1-2-6-20(19)32(25(33)23-15-34-21-7-3-4-8-22(21)35-23)14-18-13-31-24(37-18)16-9-11-17(12-10-16)36-26(28,29)30/h1-13,23H,14-15H2. The molecular formula is C26H18F4N2O4S. The van der Waals surface area contributed by atoms with Crippen LogP contribution in [-0.4, -0.2) is 30.0 Å². The van der Waals surface area contributed by atoms with Gasteiger partial charge in [-0.15, -0.1) is 24.5 Å². The Balaban J connectivity index is 1.38. The molecule has 5 rings (SSSR count). The van der Waals surface area contributed by atoms with Gasteiger partial charge in [-0.25, -0.2) is 9.37 Å². The second kappa shape index (κ2) is 10.1. The van der Waals surface area contributed by atoms with Crippen molar-refractivity contribution in [3.63, 3.8) is 0 Å². The number of hydrogen-bond donors (Lipinski definition) is 0. The molecule has 0 fully saturated rings. The van der Waals surface area contributed by atoms with E-state index in [1.165, 1.54) is 64.9 Å². The monoisotopic (exact) mass is 530 g/mol. The van der Waals surface area contributed by atoms with Crippen molar-refractivity contribution in [2.24, 2.45) is 0 Å². The average Bonchev–Trinajstić information content (AvgIpc) is 3.35. The van der Waals surface area contributed by atoms with Gasteiger partial charge in [0.1, 0.15) is 23.2 Å². The number of benzene rings is 3. The van der Waals surface area contributed by atoms with Gasteiger partial charge in [-0.2, -0.15) is 0 Å². The molecule has 1 atom stereocenters. The van der Waals surface area contributed by atoms with Crippen molar-refractivity contribution in [1.82, 2.24) is 4.98 Å². The van der Waals surface area contributed by atoms with Crippen molar-refractivity contribution < 1.29 is 36.6 Å². The number of nitrogens with zero attached hydrogens (tertiary/aromatic N) is 2. The predicted molar refractivity (Wildman–Crippen MR) is 128 cm³/mol. The highest BCUT2D eigenvalue weighted by molar-refractivity contribution is 7.15. The second-order valence-corrected chi connectivity index (χ2v) is 9.06. The Morgan fingerprint density at radius 3 is 2.46 bits per heavy atom. The maximum Gasteiger partial charge on any atom is 0.573 e. The number of alkyl halides is 3. The number of para-hydroxylation sites is 3. The molecule has 3 aromatic carbocycles. The third kappa shape index (κ3) is 5.67. The summed E-state index contributed by atoms with van der Waals surface area (Å²) in [5.41, 5.74) is 0.633. The minimum atomic E-state index is -4.78. The molecule has 0 N–H and O–H groups in total. The van der Waals surface area contributed by atoms with Gasteiger partial charge in [0, 0.05) is 16.6 Å². The molecule has 0 bridgehead atoms. The Hall–Kier alpha value is -4.12. The molecule has 2 heterocycles. The number of fused-ring (bicyclic) bond motifs is 1. The van der Waals surface area contributed by atoms with Gasteiger partial charge < -0.3 is 19.1 Å². The molecule has 1 aliphatic rings. The summed E-state index contributed by atoms with van der Waals surface area (Å²) in [5.74, 6) is -0.497. The number of carbonyl (C=O) groups excluding carboxylic acids is 1. The molecule has 1 aromatic heterocycles. The first-order chi connectivity index (χ1) is 17.8. The van der Waals surface area contributed by atoms with Crippen LogP contribution in [-0.2, 0) is 11.3 Å². The SMILES string of the molecule is O=C(C1COc2ccccc2O1)N(Cc1cnc(-c2ccc(OC(F)(F)F)cc2)s1)c1ccccc1F. The zero-order chi connectivity index (χ0) is 26.0. The van der Waals surface area contributed by atoms with Crippen molar-refractivity contribution in [2.45, 2.75) is 19.0 Å². The number of hydrogen-bond acceptors (Lipinski definition) is 6. The zero-order valence-corrected chi connectivity index (χ0v) is 19.8. The summed E-state index contributed by atoms with van der Waals surface area (Å²) in [4.78, 5) is 19.8. The first-order valence-electron chi connectivity index (χ1n) is 11.0. The van der Waals surface area contributed by atoms with E-state index in [-0.39, 0.29) is 24.6 Å². The first kappa shape index (κ1) is 24.6. The van der Waals surface area contributed by atoms with E-state index in [0.29, 0.717) is 26.9 Å². The van der Waals surface area contributed by atoms with Gasteiger partial charge in [-0.1, -0.05) is 24.3 Å². The smallest absolute Gasteiger partial charge is 0.485 e. The normalized spacial score (nSPS) is 14.8. The van der Waals surface area contributed by atoms with Crippen LogP contribution < -0.4 is 19.1 Å². The molecule has 0 saturated carbocycles. The Kier molecular flexibility index (Phi) is 6.70. The van der Waals surface area contributed by atoms with E-state index in [0.717, 1.165) is 0 Å². The van der Waals surface area contributed by atoms with E-state index in [1.54, 1.807) is 30.3 Å². The molecule has 4 aromatic rings. The van der Waals surface area contributed by atoms with E-state index in [1.807, 2.05) is 0 Å². The lowest BCUT2D eigenvalue weighted by Gasteiger charge is -2.30. The fourth-order valence-electron chi connectivity index (χ4n) is 3.74. The molecular weight excluding hydrogens is 512 g/mol. The molecule has 11 heteroatoms. The Morgan fingerprint density at radius 1 is 1.03 bits per heavy atom. The number of ether oxygens (including phenoxy) is 3. The van der Waals surface area contributed by atoms with Gasteiger partial charge in [-0.3, -0.25) is 4.79 Å². The van der Waals surface area contributed by atoms with Crippen molar-refractivity contribution in [2.75, 3.05) is 11.5 Å². The number of rotatable bonds is 6. The van der Waals surface area contributed by atoms with E-state index >= 15 is 0 Å². The molecule has 0 spiro atoms. The molecule has 1 unspecified atom stereocenters. The van der Waals surface area contributed by atoms with Crippen molar-refractivity contribution in [3.8, 4) is 27.8 Å². The van der Waals surface area contributed by atoms with E-state index in [9.17, 15) is 22.4 Å². The molecule has 37 heavy (non-hydrogen) atoms. The highest BCUT2D eigenvalue weighted by atomic mass is 32.1. The van der Waals surface area contributed by atoms with E-state index in [2.05, 4.69) is 9.72 Å². The molecule has 0 radical (unpaired) electrons. The Labute approximate surface area is 212 Å². The van der Waals surface area contributed by atoms with Gasteiger partial charge in [0.25, 0.3) is 5.91 Å². The Morgan fingerprint density at radius 2 is 1.73 bits per heavy atom. The Bertz CT molecular complexity index is 1410. The number of aromatic nitrogens is 1. The topological polar surface area (TPSA) is 60.9 Å². The molecule has 1 aliphatic heterocycles. The van der Waals surface area contributed by atoms with Crippen LogP contribution in [0.15, 0.2) is 79.0 Å². The number of amides is 1. The van der Waals surface area contributed by atoms with Crippen LogP contribution in [0.25, 0.3) is 10.6 Å². The highest BCUT2D eigenvalue weighted by Crippen LogP contribution is 2.34. The van der Waals surface area contributed by atoms with Crippen LogP contribution >= 0.6 is 11.3 Å². The van der Waals surface area contributed by atoms with Gasteiger partial charge in [0.2, 0.25) is 6.10 Å². The summed E-state index contributed by atoms with van der Waals surface area (Å²) in [5, 5.41) is 0.515. The maximum absolute atomic E-state index is 14.8. The predicted octanol–water partition coefficient (Wildman–Crippen LogP) is 6.22. The minimum Gasteiger partial charge on any atom is -0.485 e. The van der Waals surface area contributed by atoms with Crippen LogP contribution in [0, 0.1) is 5.82 Å². The summed E-state index contributed by atoms with van der Waals surface area (Å²) in [6, 6.07) is 18.1. The summed E-state index contributed by atoms with van der Waals surface area (Å²) in [6.07, 6.45) is -4.24. The molecule has 190 valence electrons. The van der Waals surface area contributed by atoms with Gasteiger partial charge >= 0.3 is 6.36 Å². The minimum absolute atomic E-state index is 0.00575. The van der Waals surface area contributed by atoms with Crippen molar-refractivity contribution in [1.29, 1.82) is 0 Å². The van der Waals surface area contributed by atoms with Crippen LogP contribution in [0.4, 0.5) is 23.2 Å². The van der Waals surface area contributed by atoms with Gasteiger partial charge in [0.15, 0.2) is 11.5 Å². The fraction of sp³-hybridized carbons (Fsp3) is 0.154. The third-order valence-corrected chi connectivity index (χ3v) is 6.43. The zero-order valence-electron chi connectivity index (χ0n) is 18.9. The number of halogens is 4. The van der Waals surface area contributed by atoms with Crippen molar-refractivity contribution in [3.05, 3.63) is 89.7 Å². The summed E-state index contributed by atoms with van der Waals surface area (Å²) >= 11 is 1.22. The lowest BCUT2D eigenvalue weighted by molar-refractivity contribution is -0.274. The summed E-state index contributed by atoms with van der Waals surface area (Å²) in [6.45, 7) is -0.0463. The molecule has 0 aliphatic carbocycles. The average molecular weight is 530 g/mol. The summed E-state index contributed by atoms with van der Waals surface area (Å²) in [7, 11) is 0.